The van der Waals surface area contributed by atoms with E-state index in [-0.39, 0.29) is 0 Å². The number of benzene rings is 2. The highest BCUT2D eigenvalue weighted by atomic mass is 16.5. The van der Waals surface area contributed by atoms with Gasteiger partial charge in [0.25, 0.3) is 5.52 Å². The topological polar surface area (TPSA) is 39.8 Å². The van der Waals surface area contributed by atoms with Gasteiger partial charge in [-0.1, -0.05) is 30.3 Å². The molecule has 3 aromatic rings. The number of rotatable bonds is 0. The molecule has 0 atom stereocenters. The first-order valence-electron chi connectivity index (χ1n) is 5.15. The predicted molar refractivity (Wildman–Crippen MR) is 62.9 cm³/mol. The summed E-state index contributed by atoms with van der Waals surface area (Å²) >= 11 is 0. The summed E-state index contributed by atoms with van der Waals surface area (Å²) < 4.78 is 0. The Morgan fingerprint density at radius 3 is 2.75 bits per heavy atom. The Hall–Kier alpha value is -2.16. The zero-order chi connectivity index (χ0) is 11.1. The Morgan fingerprint density at radius 2 is 1.88 bits per heavy atom. The standard InChI is InChI=1S/C13H10N2O/c1-9-5-4-8-12-13(9)10-6-2-3-7-11(10)14-15(12)16/h2-8H,1H3. The maximum Gasteiger partial charge on any atom is 0.253 e. The Labute approximate surface area is 92.5 Å². The van der Waals surface area contributed by atoms with Crippen molar-refractivity contribution in [2.24, 2.45) is 0 Å². The van der Waals surface area contributed by atoms with Gasteiger partial charge in [-0.05, 0) is 23.4 Å². The number of aryl methyl sites for hydroxylation is 1. The number of aromatic nitrogens is 2. The summed E-state index contributed by atoms with van der Waals surface area (Å²) in [5, 5.41) is 17.8. The monoisotopic (exact) mass is 210 g/mol. The van der Waals surface area contributed by atoms with E-state index in [4.69, 9.17) is 0 Å². The summed E-state index contributed by atoms with van der Waals surface area (Å²) in [6.45, 7) is 2.01. The molecular formula is C13H10N2O. The van der Waals surface area contributed by atoms with Crippen LogP contribution in [-0.4, -0.2) is 5.10 Å². The van der Waals surface area contributed by atoms with Gasteiger partial charge in [0.05, 0.1) is 5.39 Å². The third-order valence-electron chi connectivity index (χ3n) is 2.83. The van der Waals surface area contributed by atoms with Crippen molar-refractivity contribution in [3.05, 3.63) is 53.2 Å². The maximum absolute atomic E-state index is 11.8. The summed E-state index contributed by atoms with van der Waals surface area (Å²) in [4.78, 5) is 0.699. The van der Waals surface area contributed by atoms with Gasteiger partial charge in [-0.3, -0.25) is 0 Å². The molecule has 0 bridgehead atoms. The van der Waals surface area contributed by atoms with E-state index >= 15 is 0 Å². The first-order valence-corrected chi connectivity index (χ1v) is 5.15. The fourth-order valence-electron chi connectivity index (χ4n) is 2.09. The molecule has 16 heavy (non-hydrogen) atoms. The fraction of sp³-hybridized carbons (Fsp3) is 0.0769. The Morgan fingerprint density at radius 1 is 1.06 bits per heavy atom. The zero-order valence-electron chi connectivity index (χ0n) is 8.84. The van der Waals surface area contributed by atoms with Gasteiger partial charge in [-0.15, -0.1) is 0 Å². The van der Waals surface area contributed by atoms with Crippen LogP contribution in [0.15, 0.2) is 42.5 Å². The lowest BCUT2D eigenvalue weighted by atomic mass is 10.1. The fourth-order valence-corrected chi connectivity index (χ4v) is 2.09. The molecule has 3 rings (SSSR count). The minimum absolute atomic E-state index is 0.624. The molecule has 0 spiro atoms. The molecule has 0 saturated heterocycles. The van der Waals surface area contributed by atoms with Gasteiger partial charge in [0, 0.05) is 16.6 Å². The highest BCUT2D eigenvalue weighted by Gasteiger charge is 2.11. The second-order valence-corrected chi connectivity index (χ2v) is 3.86. The molecular weight excluding hydrogens is 200 g/mol. The lowest BCUT2D eigenvalue weighted by Gasteiger charge is -2.05. The van der Waals surface area contributed by atoms with Crippen molar-refractivity contribution < 1.29 is 4.85 Å². The molecule has 0 saturated carbocycles. The van der Waals surface area contributed by atoms with Crippen molar-refractivity contribution in [3.8, 4) is 0 Å². The molecule has 0 aliphatic heterocycles. The summed E-state index contributed by atoms with van der Waals surface area (Å²) in [5.74, 6) is 0. The van der Waals surface area contributed by atoms with Crippen LogP contribution in [0.4, 0.5) is 0 Å². The molecule has 0 N–H and O–H groups in total. The molecule has 0 radical (unpaired) electrons. The van der Waals surface area contributed by atoms with E-state index in [1.807, 2.05) is 43.3 Å². The average Bonchev–Trinajstić information content (AvgIpc) is 2.30. The molecule has 3 nitrogen and oxygen atoms in total. The summed E-state index contributed by atoms with van der Waals surface area (Å²) in [6.07, 6.45) is 0. The molecule has 0 amide bonds. The van der Waals surface area contributed by atoms with Gasteiger partial charge in [-0.25, -0.2) is 0 Å². The van der Waals surface area contributed by atoms with Crippen LogP contribution >= 0.6 is 0 Å². The second-order valence-electron chi connectivity index (χ2n) is 3.86. The number of fused-ring (bicyclic) bond motifs is 3. The highest BCUT2D eigenvalue weighted by Crippen LogP contribution is 2.23. The molecule has 78 valence electrons. The van der Waals surface area contributed by atoms with Gasteiger partial charge in [0.15, 0.2) is 0 Å². The lowest BCUT2D eigenvalue weighted by molar-refractivity contribution is -0.639. The van der Waals surface area contributed by atoms with Crippen LogP contribution in [-0.2, 0) is 0 Å². The first kappa shape index (κ1) is 9.09. The van der Waals surface area contributed by atoms with E-state index in [0.717, 1.165) is 21.9 Å². The normalized spacial score (nSPS) is 11.1. The Balaban J connectivity index is 2.67. The molecule has 1 heterocycles. The van der Waals surface area contributed by atoms with E-state index in [9.17, 15) is 5.21 Å². The number of hydrogen-bond acceptors (Lipinski definition) is 2. The van der Waals surface area contributed by atoms with E-state index in [0.29, 0.717) is 10.4 Å². The van der Waals surface area contributed by atoms with Crippen LogP contribution in [0.2, 0.25) is 0 Å². The third kappa shape index (κ3) is 1.15. The molecule has 0 fully saturated rings. The quantitative estimate of drug-likeness (QED) is 0.324. The van der Waals surface area contributed by atoms with Crippen LogP contribution in [0.1, 0.15) is 5.56 Å². The van der Waals surface area contributed by atoms with Crippen LogP contribution < -0.4 is 4.85 Å². The Kier molecular flexibility index (Phi) is 1.80. The minimum atomic E-state index is 0.624. The van der Waals surface area contributed by atoms with Gasteiger partial charge in [-0.2, -0.15) is 0 Å². The van der Waals surface area contributed by atoms with Crippen LogP contribution in [0.3, 0.4) is 0 Å². The van der Waals surface area contributed by atoms with Crippen molar-refractivity contribution in [1.29, 1.82) is 0 Å². The summed E-state index contributed by atoms with van der Waals surface area (Å²) in [7, 11) is 0. The van der Waals surface area contributed by atoms with Crippen molar-refractivity contribution in [2.45, 2.75) is 6.92 Å². The van der Waals surface area contributed by atoms with Crippen molar-refractivity contribution in [2.75, 3.05) is 0 Å². The molecule has 0 aliphatic rings. The van der Waals surface area contributed by atoms with Crippen molar-refractivity contribution >= 4 is 21.8 Å². The summed E-state index contributed by atoms with van der Waals surface area (Å²) in [6, 6.07) is 13.4. The van der Waals surface area contributed by atoms with Gasteiger partial charge >= 0.3 is 0 Å². The number of hydrogen-bond donors (Lipinski definition) is 0. The van der Waals surface area contributed by atoms with E-state index in [2.05, 4.69) is 5.10 Å². The van der Waals surface area contributed by atoms with E-state index < -0.39 is 0 Å². The lowest BCUT2D eigenvalue weighted by Crippen LogP contribution is -2.31. The van der Waals surface area contributed by atoms with Crippen LogP contribution in [0, 0.1) is 12.1 Å². The summed E-state index contributed by atoms with van der Waals surface area (Å²) in [5.41, 5.74) is 2.46. The molecule has 0 aliphatic carbocycles. The largest absolute Gasteiger partial charge is 0.594 e. The molecule has 3 heteroatoms. The minimum Gasteiger partial charge on any atom is -0.594 e. The highest BCUT2D eigenvalue weighted by molar-refractivity contribution is 6.03. The molecule has 2 aromatic carbocycles. The van der Waals surface area contributed by atoms with Gasteiger partial charge in [0.1, 0.15) is 5.52 Å². The van der Waals surface area contributed by atoms with Gasteiger partial charge in [0.2, 0.25) is 0 Å². The van der Waals surface area contributed by atoms with Crippen LogP contribution in [0.5, 0.6) is 0 Å². The molecule has 1 aromatic heterocycles. The third-order valence-corrected chi connectivity index (χ3v) is 2.83. The van der Waals surface area contributed by atoms with E-state index in [1.54, 1.807) is 6.07 Å². The van der Waals surface area contributed by atoms with E-state index in [1.165, 1.54) is 0 Å². The van der Waals surface area contributed by atoms with Gasteiger partial charge < -0.3 is 5.21 Å². The average molecular weight is 210 g/mol. The van der Waals surface area contributed by atoms with Crippen LogP contribution in [0.25, 0.3) is 21.8 Å². The predicted octanol–water partition coefficient (Wildman–Crippen LogP) is 2.33. The van der Waals surface area contributed by atoms with Crippen molar-refractivity contribution in [3.63, 3.8) is 0 Å². The molecule has 0 unspecified atom stereocenters. The Bertz CT molecular complexity index is 692. The first-order chi connectivity index (χ1) is 7.77. The second kappa shape index (κ2) is 3.17. The zero-order valence-corrected chi connectivity index (χ0v) is 8.84. The van der Waals surface area contributed by atoms with Crippen molar-refractivity contribution in [1.82, 2.24) is 5.10 Å². The SMILES string of the molecule is Cc1cccc2c1c1ccccc1n[n+]2[O-]. The smallest absolute Gasteiger partial charge is 0.253 e. The maximum atomic E-state index is 11.8. The number of nitrogens with zero attached hydrogens (tertiary/aromatic N) is 2.